The summed E-state index contributed by atoms with van der Waals surface area (Å²) in [7, 11) is 0. The SMILES string of the molecule is CC(C)(C)OC(=O)NCCC(=O)NCc1ccc(NC(=O)CNC(=O)c2ccccc2)cc1. The van der Waals surface area contributed by atoms with Gasteiger partial charge in [0, 0.05) is 30.8 Å². The van der Waals surface area contributed by atoms with Crippen LogP contribution in [-0.2, 0) is 20.9 Å². The lowest BCUT2D eigenvalue weighted by Gasteiger charge is -2.19. The molecule has 0 bridgehead atoms. The van der Waals surface area contributed by atoms with Crippen molar-refractivity contribution in [1.29, 1.82) is 0 Å². The predicted molar refractivity (Wildman–Crippen MR) is 125 cm³/mol. The van der Waals surface area contributed by atoms with Crippen molar-refractivity contribution in [2.45, 2.75) is 39.3 Å². The number of hydrogen-bond acceptors (Lipinski definition) is 5. The predicted octanol–water partition coefficient (Wildman–Crippen LogP) is 2.59. The minimum Gasteiger partial charge on any atom is -0.444 e. The molecule has 0 aliphatic rings. The lowest BCUT2D eigenvalue weighted by molar-refractivity contribution is -0.121. The molecule has 2 aromatic rings. The Kier molecular flexibility index (Phi) is 9.41. The van der Waals surface area contributed by atoms with Gasteiger partial charge in [-0.3, -0.25) is 14.4 Å². The minimum absolute atomic E-state index is 0.127. The Morgan fingerprint density at radius 3 is 2.12 bits per heavy atom. The molecule has 0 aliphatic carbocycles. The van der Waals surface area contributed by atoms with Crippen molar-refractivity contribution in [2.24, 2.45) is 0 Å². The van der Waals surface area contributed by atoms with Gasteiger partial charge in [0.15, 0.2) is 0 Å². The van der Waals surface area contributed by atoms with Crippen LogP contribution < -0.4 is 21.3 Å². The van der Waals surface area contributed by atoms with E-state index in [-0.39, 0.29) is 37.2 Å². The molecule has 0 aromatic heterocycles. The molecule has 0 unspecified atom stereocenters. The van der Waals surface area contributed by atoms with E-state index in [2.05, 4.69) is 21.3 Å². The van der Waals surface area contributed by atoms with Gasteiger partial charge in [-0.05, 0) is 50.6 Å². The Hall–Kier alpha value is -3.88. The maximum absolute atomic E-state index is 12.1. The van der Waals surface area contributed by atoms with Gasteiger partial charge in [-0.25, -0.2) is 4.79 Å². The number of carbonyl (C=O) groups is 4. The van der Waals surface area contributed by atoms with Gasteiger partial charge in [-0.1, -0.05) is 30.3 Å². The third kappa shape index (κ3) is 10.3. The molecule has 4 amide bonds. The van der Waals surface area contributed by atoms with Gasteiger partial charge >= 0.3 is 6.09 Å². The zero-order chi connectivity index (χ0) is 24.3. The Morgan fingerprint density at radius 1 is 0.818 bits per heavy atom. The summed E-state index contributed by atoms with van der Waals surface area (Å²) in [6, 6.07) is 15.6. The van der Waals surface area contributed by atoms with Crippen LogP contribution in [0.15, 0.2) is 54.6 Å². The van der Waals surface area contributed by atoms with Gasteiger partial charge in [0.05, 0.1) is 6.54 Å². The first kappa shape index (κ1) is 25.4. The topological polar surface area (TPSA) is 126 Å². The quantitative estimate of drug-likeness (QED) is 0.463. The largest absolute Gasteiger partial charge is 0.444 e. The Bertz CT molecular complexity index is 953. The highest BCUT2D eigenvalue weighted by Crippen LogP contribution is 2.09. The van der Waals surface area contributed by atoms with Gasteiger partial charge in [-0.2, -0.15) is 0 Å². The second-order valence-corrected chi connectivity index (χ2v) is 8.25. The van der Waals surface area contributed by atoms with Gasteiger partial charge in [0.25, 0.3) is 5.91 Å². The van der Waals surface area contributed by atoms with Crippen molar-refractivity contribution < 1.29 is 23.9 Å². The molecule has 2 rings (SSSR count). The van der Waals surface area contributed by atoms with Gasteiger partial charge in [-0.15, -0.1) is 0 Å². The highest BCUT2D eigenvalue weighted by atomic mass is 16.6. The van der Waals surface area contributed by atoms with Crippen LogP contribution in [0.25, 0.3) is 0 Å². The summed E-state index contributed by atoms with van der Waals surface area (Å²) in [5.74, 6) is -0.881. The van der Waals surface area contributed by atoms with Crippen LogP contribution in [-0.4, -0.2) is 42.5 Å². The third-order valence-corrected chi connectivity index (χ3v) is 4.19. The van der Waals surface area contributed by atoms with E-state index in [1.165, 1.54) is 0 Å². The molecule has 0 saturated carbocycles. The van der Waals surface area contributed by atoms with Crippen LogP contribution in [0.4, 0.5) is 10.5 Å². The summed E-state index contributed by atoms with van der Waals surface area (Å²) in [5.41, 5.74) is 1.32. The second-order valence-electron chi connectivity index (χ2n) is 8.25. The van der Waals surface area contributed by atoms with Crippen LogP contribution in [0.2, 0.25) is 0 Å². The summed E-state index contributed by atoms with van der Waals surface area (Å²) in [6.45, 7) is 5.63. The standard InChI is InChI=1S/C24H30N4O5/c1-24(2,3)33-23(32)25-14-13-20(29)26-15-17-9-11-19(12-10-17)28-21(30)16-27-22(31)18-7-5-4-6-8-18/h4-12H,13-16H2,1-3H3,(H,25,32)(H,26,29)(H,27,31)(H,28,30). The second kappa shape index (κ2) is 12.2. The van der Waals surface area contributed by atoms with Gasteiger partial charge < -0.3 is 26.0 Å². The van der Waals surface area contributed by atoms with Crippen molar-refractivity contribution in [1.82, 2.24) is 16.0 Å². The molecule has 9 heteroatoms. The molecule has 0 heterocycles. The molecular weight excluding hydrogens is 424 g/mol. The summed E-state index contributed by atoms with van der Waals surface area (Å²) in [6.07, 6.45) is -0.435. The van der Waals surface area contributed by atoms with E-state index in [0.717, 1.165) is 5.56 Å². The maximum atomic E-state index is 12.1. The summed E-state index contributed by atoms with van der Waals surface area (Å²) in [4.78, 5) is 47.5. The number of anilines is 1. The van der Waals surface area contributed by atoms with E-state index < -0.39 is 11.7 Å². The molecule has 176 valence electrons. The van der Waals surface area contributed by atoms with E-state index in [9.17, 15) is 19.2 Å². The molecule has 0 saturated heterocycles. The zero-order valence-electron chi connectivity index (χ0n) is 19.1. The van der Waals surface area contributed by atoms with E-state index in [4.69, 9.17) is 4.74 Å². The van der Waals surface area contributed by atoms with E-state index >= 15 is 0 Å². The molecule has 0 fully saturated rings. The fraction of sp³-hybridized carbons (Fsp3) is 0.333. The van der Waals surface area contributed by atoms with Crippen LogP contribution in [0.5, 0.6) is 0 Å². The molecule has 4 N–H and O–H groups in total. The number of hydrogen-bond donors (Lipinski definition) is 4. The number of rotatable bonds is 9. The van der Waals surface area contributed by atoms with E-state index in [1.807, 2.05) is 6.07 Å². The Morgan fingerprint density at radius 2 is 1.48 bits per heavy atom. The zero-order valence-corrected chi connectivity index (χ0v) is 19.1. The highest BCUT2D eigenvalue weighted by molar-refractivity contribution is 5.99. The van der Waals surface area contributed by atoms with Gasteiger partial charge in [0.1, 0.15) is 5.60 Å². The van der Waals surface area contributed by atoms with E-state index in [1.54, 1.807) is 69.3 Å². The number of benzene rings is 2. The first-order valence-electron chi connectivity index (χ1n) is 10.6. The normalized spacial score (nSPS) is 10.6. The lowest BCUT2D eigenvalue weighted by atomic mass is 10.2. The smallest absolute Gasteiger partial charge is 0.407 e. The molecule has 0 spiro atoms. The van der Waals surface area contributed by atoms with Crippen molar-refractivity contribution >= 4 is 29.5 Å². The third-order valence-electron chi connectivity index (χ3n) is 4.19. The number of alkyl carbamates (subject to hydrolysis) is 1. The van der Waals surface area contributed by atoms with Gasteiger partial charge in [0.2, 0.25) is 11.8 Å². The molecule has 0 aliphatic heterocycles. The van der Waals surface area contributed by atoms with Crippen molar-refractivity contribution in [3.8, 4) is 0 Å². The summed E-state index contributed by atoms with van der Waals surface area (Å²) >= 11 is 0. The molecule has 0 atom stereocenters. The van der Waals surface area contributed by atoms with Crippen LogP contribution in [0.3, 0.4) is 0 Å². The van der Waals surface area contributed by atoms with Crippen LogP contribution in [0.1, 0.15) is 43.1 Å². The Labute approximate surface area is 193 Å². The van der Waals surface area contributed by atoms with Crippen molar-refractivity contribution in [3.05, 3.63) is 65.7 Å². The van der Waals surface area contributed by atoms with Crippen molar-refractivity contribution in [3.63, 3.8) is 0 Å². The maximum Gasteiger partial charge on any atom is 0.407 e. The minimum atomic E-state index is -0.589. The first-order chi connectivity index (χ1) is 15.6. The molecule has 2 aromatic carbocycles. The number of ether oxygens (including phenoxy) is 1. The number of nitrogens with one attached hydrogen (secondary N) is 4. The molecule has 0 radical (unpaired) electrons. The fourth-order valence-corrected chi connectivity index (χ4v) is 2.64. The lowest BCUT2D eigenvalue weighted by Crippen LogP contribution is -2.35. The molecule has 33 heavy (non-hydrogen) atoms. The summed E-state index contributed by atoms with van der Waals surface area (Å²) < 4.78 is 5.10. The first-order valence-corrected chi connectivity index (χ1v) is 10.6. The van der Waals surface area contributed by atoms with Crippen LogP contribution >= 0.6 is 0 Å². The highest BCUT2D eigenvalue weighted by Gasteiger charge is 2.15. The molecule has 9 nitrogen and oxygen atoms in total. The van der Waals surface area contributed by atoms with Crippen LogP contribution in [0, 0.1) is 0 Å². The van der Waals surface area contributed by atoms with Crippen molar-refractivity contribution in [2.75, 3.05) is 18.4 Å². The Balaban J connectivity index is 1.66. The van der Waals surface area contributed by atoms with E-state index in [0.29, 0.717) is 17.8 Å². The monoisotopic (exact) mass is 454 g/mol. The average molecular weight is 455 g/mol. The number of carbonyl (C=O) groups excluding carboxylic acids is 4. The molecular formula is C24H30N4O5. The number of amides is 4. The summed E-state index contributed by atoms with van der Waals surface area (Å²) in [5, 5.41) is 10.6. The average Bonchev–Trinajstić information content (AvgIpc) is 2.76. The fourth-order valence-electron chi connectivity index (χ4n) is 2.64.